The zero-order valence-electron chi connectivity index (χ0n) is 64.0. The molecule has 6 aromatic carbocycles. The lowest BCUT2D eigenvalue weighted by Crippen LogP contribution is -2.60. The van der Waals surface area contributed by atoms with Gasteiger partial charge in [0, 0.05) is 41.9 Å². The molecule has 0 spiro atoms. The number of phenolic OH excluding ortho intramolecular Hbond substituents is 3. The van der Waals surface area contributed by atoms with E-state index in [-0.39, 0.29) is 124 Å². The van der Waals surface area contributed by atoms with Crippen molar-refractivity contribution in [1.82, 2.24) is 47.9 Å². The lowest BCUT2D eigenvalue weighted by atomic mass is 9.54. The summed E-state index contributed by atoms with van der Waals surface area (Å²) in [4.78, 5) is 138. The molecule has 15 bridgehead atoms. The smallest absolute Gasteiger partial charge is 0.257 e. The first kappa shape index (κ1) is 84.0. The highest BCUT2D eigenvalue weighted by Crippen LogP contribution is 2.55. The van der Waals surface area contributed by atoms with Gasteiger partial charge in [-0.3, -0.25) is 48.5 Å². The van der Waals surface area contributed by atoms with Gasteiger partial charge in [0.15, 0.2) is 23.0 Å². The number of imide groups is 1. The van der Waals surface area contributed by atoms with Crippen LogP contribution in [0.2, 0.25) is 5.02 Å². The van der Waals surface area contributed by atoms with E-state index >= 15 is 28.8 Å². The van der Waals surface area contributed by atoms with Crippen LogP contribution in [0, 0.1) is 36.5 Å². The van der Waals surface area contributed by atoms with Crippen molar-refractivity contribution < 1.29 is 118 Å². The molecular formula is C81H94ClN11O24. The number of aryl methyl sites for hydroxylation is 1. The molecule has 9 amide bonds. The maximum Gasteiger partial charge on any atom is 0.257 e. The summed E-state index contributed by atoms with van der Waals surface area (Å²) in [6.07, 6.45) is -10.7. The number of carbonyl (C=O) groups is 9. The van der Waals surface area contributed by atoms with Crippen LogP contribution in [-0.2, 0) is 43.1 Å². The minimum absolute atomic E-state index is 0.0159. The number of rotatable bonds is 19. The van der Waals surface area contributed by atoms with E-state index in [2.05, 4.69) is 47.9 Å². The number of carbonyl (C=O) groups excluding carboxylic acids is 9. The highest BCUT2D eigenvalue weighted by molar-refractivity contribution is 6.32. The van der Waals surface area contributed by atoms with Gasteiger partial charge in [-0.15, -0.1) is 0 Å². The van der Waals surface area contributed by atoms with Crippen LogP contribution in [0.15, 0.2) is 97.1 Å². The van der Waals surface area contributed by atoms with Gasteiger partial charge in [0.05, 0.1) is 24.1 Å². The Morgan fingerprint density at radius 1 is 0.624 bits per heavy atom. The molecule has 0 unspecified atom stereocenters. The quantitative estimate of drug-likeness (QED) is 0.0547. The number of likely N-dealkylation sites (N-methyl/N-ethyl adjacent to an activating group) is 1. The Balaban J connectivity index is 0.998. The van der Waals surface area contributed by atoms with Crippen LogP contribution < -0.4 is 83.0 Å². The van der Waals surface area contributed by atoms with E-state index < -0.39 is 196 Å². The fourth-order valence-electron chi connectivity index (χ4n) is 16.8. The Bertz CT molecular complexity index is 4810. The predicted octanol–water partition coefficient (Wildman–Crippen LogP) is 1.53. The van der Waals surface area contributed by atoms with E-state index in [0.717, 1.165) is 80.6 Å². The first-order chi connectivity index (χ1) is 55.9. The van der Waals surface area contributed by atoms with Gasteiger partial charge in [0.25, 0.3) is 5.91 Å². The average molecular weight is 1640 g/mol. The lowest BCUT2D eigenvalue weighted by Gasteiger charge is -2.54. The molecule has 4 saturated carbocycles. The number of aromatic hydroxyl groups is 3. The number of benzene rings is 6. The van der Waals surface area contributed by atoms with E-state index in [1.807, 2.05) is 13.8 Å². The van der Waals surface area contributed by atoms with Crippen LogP contribution in [-0.4, -0.2) is 200 Å². The molecule has 1 saturated heterocycles. The number of nitrogens with two attached hydrogens (primary N) is 2. The van der Waals surface area contributed by atoms with Gasteiger partial charge in [-0.2, -0.15) is 0 Å². The second kappa shape index (κ2) is 35.5. The van der Waals surface area contributed by atoms with Crippen molar-refractivity contribution in [3.05, 3.63) is 141 Å². The minimum atomic E-state index is -2.38. The summed E-state index contributed by atoms with van der Waals surface area (Å²) in [7, 11) is 1.48. The van der Waals surface area contributed by atoms with Crippen LogP contribution in [0.4, 0.5) is 0 Å². The molecule has 14 atom stereocenters. The Hall–Kier alpha value is -11.0. The molecule has 117 heavy (non-hydrogen) atoms. The lowest BCUT2D eigenvalue weighted by molar-refractivity contribution is -0.277. The Morgan fingerprint density at radius 2 is 1.26 bits per heavy atom. The number of hydrogen-bond acceptors (Lipinski definition) is 27. The van der Waals surface area contributed by atoms with E-state index in [0.29, 0.717) is 11.8 Å². The number of amides is 9. The van der Waals surface area contributed by atoms with Crippen molar-refractivity contribution in [2.24, 2.45) is 41.1 Å². The molecule has 4 aliphatic carbocycles. The number of ether oxygens (including phenoxy) is 6. The van der Waals surface area contributed by atoms with Gasteiger partial charge < -0.3 is 128 Å². The monoisotopic (exact) mass is 1640 g/mol. The molecule has 10 aliphatic rings. The normalized spacial score (nSPS) is 27.6. The molecule has 0 aromatic heterocycles. The molecule has 6 aliphatic heterocycles. The van der Waals surface area contributed by atoms with Crippen molar-refractivity contribution >= 4 is 64.8 Å². The van der Waals surface area contributed by atoms with Crippen molar-refractivity contribution in [3.63, 3.8) is 0 Å². The highest BCUT2D eigenvalue weighted by Gasteiger charge is 2.51. The Morgan fingerprint density at radius 3 is 1.91 bits per heavy atom. The topological polar surface area (TPSA) is 551 Å². The van der Waals surface area contributed by atoms with Crippen LogP contribution in [0.25, 0.3) is 11.1 Å². The third-order valence-electron chi connectivity index (χ3n) is 22.4. The van der Waals surface area contributed by atoms with Crippen molar-refractivity contribution in [2.75, 3.05) is 40.0 Å². The Labute approximate surface area is 674 Å². The molecule has 16 rings (SSSR count). The second-order valence-corrected chi connectivity index (χ2v) is 31.4. The molecular weight excluding hydrogens is 1550 g/mol. The molecule has 22 N–H and O–H groups in total. The minimum Gasteiger partial charge on any atom is -0.508 e. The van der Waals surface area contributed by atoms with Crippen molar-refractivity contribution in [1.29, 1.82) is 0 Å². The summed E-state index contributed by atoms with van der Waals surface area (Å²) < 4.78 is 37.1. The van der Waals surface area contributed by atoms with Crippen molar-refractivity contribution in [2.45, 2.75) is 157 Å². The van der Waals surface area contributed by atoms with Gasteiger partial charge in [-0.1, -0.05) is 43.6 Å². The predicted molar refractivity (Wildman–Crippen MR) is 413 cm³/mol. The first-order valence-corrected chi connectivity index (χ1v) is 38.9. The van der Waals surface area contributed by atoms with Gasteiger partial charge >= 0.3 is 0 Å². The van der Waals surface area contributed by atoms with E-state index in [9.17, 15) is 60.3 Å². The first-order valence-electron chi connectivity index (χ1n) is 38.5. The average Bonchev–Trinajstić information content (AvgIpc) is 0.791. The molecule has 36 heteroatoms. The zero-order chi connectivity index (χ0) is 83.7. The number of nitrogens with one attached hydrogen (secondary N) is 9. The van der Waals surface area contributed by atoms with E-state index in [1.165, 1.54) is 62.5 Å². The largest absolute Gasteiger partial charge is 0.508 e. The fourth-order valence-corrected chi connectivity index (χ4v) is 17.0. The van der Waals surface area contributed by atoms with Crippen molar-refractivity contribution in [3.8, 4) is 68.6 Å². The molecule has 35 nitrogen and oxygen atoms in total. The van der Waals surface area contributed by atoms with Crippen LogP contribution in [0.3, 0.4) is 0 Å². The summed E-state index contributed by atoms with van der Waals surface area (Å²) in [6.45, 7) is 4.29. The SMILES string of the molecule is CN[C@H](CC(C)C)C(=O)N[C@H]1C(=O)N[C@@H](CC(=O)NC(=O)c2ccc(OCCN)c(OCCN)c2)C(=O)N[C@H]2C(=O)N[C@H]3C(=O)N[C@H](C(=O)N[C@H](C(=O)NC4C5CC6CC(C5)CC4C6)c4cc(O)cc(O)c4-c4cc3ccc4O)[C@H](O)c3ccc(c(Cl)c3)Oc3cc2cc(c3O[C@@H]2O[C@H](CO)[C@@H](O)[C@H](O)[C@H]2O)Oc2ccc(cc2C)[C@H]1O. The third kappa shape index (κ3) is 18.0. The summed E-state index contributed by atoms with van der Waals surface area (Å²) in [5, 5.41) is 128. The number of phenols is 3. The molecule has 0 radical (unpaired) electrons. The van der Waals surface area contributed by atoms with Gasteiger partial charge in [-0.25, -0.2) is 0 Å². The maximum atomic E-state index is 16.5. The van der Waals surface area contributed by atoms with Crippen LogP contribution in [0.5, 0.6) is 57.5 Å². The number of aliphatic hydroxyl groups excluding tert-OH is 6. The second-order valence-electron chi connectivity index (χ2n) is 31.0. The van der Waals surface area contributed by atoms with Crippen LogP contribution >= 0.6 is 11.6 Å². The molecule has 624 valence electrons. The number of aliphatic hydroxyl groups is 6. The molecule has 5 fully saturated rings. The fraction of sp³-hybridized carbons (Fsp3) is 0.444. The third-order valence-corrected chi connectivity index (χ3v) is 22.7. The number of halogens is 1. The van der Waals surface area contributed by atoms with Gasteiger partial charge in [-0.05, 0) is 188 Å². The number of fused-ring (bicyclic) bond motifs is 15. The van der Waals surface area contributed by atoms with Gasteiger partial charge in [0.2, 0.25) is 59.3 Å². The standard InChI is InChI=1S/C81H94ClN11O24/c1-33(2)17-48(85-4)74(105)92-65-67(99)38-6-10-52(34(3)18-38)114-56-27-43-28-57(72(56)117-81-71(103)70(102)69(101)58(32-94)116-81)115-53-11-7-39(25-47(53)82)68(100)66-80(111)91-64(78(109)88-61-41-20-35-19-36(22-41)23-42(61)21-35)46-29-44(95)30-51(97)60(46)45-24-37(5-9-50(45)96)62(76(107)93-66)90-77(108)63(43)89-75(106)49(86-79(65)110)31-59(98)87-73(104)40-8-12-54(112-15-13-83)55(26-40)113-16-14-84/h5-12,18,24-30,33,35-36,41-42,48-49,58,61-71,81,85,94-97,99-103H,13-17,19-23,31-32,83-84H2,1-4H3,(H,86,110)(H,88,109)(H,89,106)(H,90,108)(H,91,111)(H,92,105)(H,93,107)(H,87,98,104)/t35?,36?,41?,42?,48-,49+,58-,61?,62-,63-,64+,65-,66+,67-,68-,69-,70+,71-,81+/m1/s1. The summed E-state index contributed by atoms with van der Waals surface area (Å²) in [5.41, 5.74) is 9.29. The maximum absolute atomic E-state index is 16.5. The number of hydrogen-bond donors (Lipinski definition) is 20. The molecule has 6 aromatic rings. The van der Waals surface area contributed by atoms with Gasteiger partial charge in [0.1, 0.15) is 115 Å². The highest BCUT2D eigenvalue weighted by atomic mass is 35.5. The van der Waals surface area contributed by atoms with E-state index in [4.69, 9.17) is 51.5 Å². The van der Waals surface area contributed by atoms with E-state index in [1.54, 1.807) is 0 Å². The Kier molecular flexibility index (Phi) is 25.5. The summed E-state index contributed by atoms with van der Waals surface area (Å²) in [5.74, 6) is -14.1. The summed E-state index contributed by atoms with van der Waals surface area (Å²) >= 11 is 7.18. The molecule has 6 heterocycles. The zero-order valence-corrected chi connectivity index (χ0v) is 64.7. The summed E-state index contributed by atoms with van der Waals surface area (Å²) in [6, 6.07) is 4.28. The van der Waals surface area contributed by atoms with Crippen LogP contribution in [0.1, 0.15) is 133 Å².